The Morgan fingerprint density at radius 1 is 0.966 bits per heavy atom. The van der Waals surface area contributed by atoms with Crippen molar-refractivity contribution in [2.24, 2.45) is 34.3 Å². The molecule has 12 N–H and O–H groups in total. The number of carbonyl (C=O) groups is 3. The average Bonchev–Trinajstić information content (AvgIpc) is 1.69. The number of halogens is 2. The number of pyridine rings is 1. The van der Waals surface area contributed by atoms with Gasteiger partial charge in [0, 0.05) is 105 Å². The van der Waals surface area contributed by atoms with Gasteiger partial charge in [-0.3, -0.25) is 24.3 Å². The summed E-state index contributed by atoms with van der Waals surface area (Å²) in [5.74, 6) is -8.41. The van der Waals surface area contributed by atoms with Crippen LogP contribution in [0.2, 0.25) is 5.02 Å². The molecule has 25 heteroatoms. The number of nitrogens with one attached hydrogen (secondary N) is 1. The number of hydrogen-bond donors (Lipinski definition) is 10. The van der Waals surface area contributed by atoms with Gasteiger partial charge in [0.15, 0.2) is 5.75 Å². The summed E-state index contributed by atoms with van der Waals surface area (Å²) < 4.78 is 42.1. The van der Waals surface area contributed by atoms with E-state index in [0.29, 0.717) is 44.5 Å². The fourth-order valence-corrected chi connectivity index (χ4v) is 14.2. The topological polar surface area (TPSA) is 338 Å². The lowest BCUT2D eigenvalue weighted by atomic mass is 9.84. The SMILES string of the molecule is CO[C@H]1CCO[C@@]2(C)Oc3c(C)c(O)c4c(O)c(c(/C=N/N5CCC(N(C)C6(C7CCN(c8c(F)cc9c(=O)c(C(=O)O)cn(C%10CC%10)c9c8Cl)C7)CC6)CC5)c(O)c4c3C2O)NC(=O)/C(C)=C\C=C\[C@H](C)[C@H](O)[C@@H](N)[C@@H](O)[C@@H](N)[C@H](OC(C)=O)[C@@H]1C. The van der Waals surface area contributed by atoms with E-state index in [1.165, 1.54) is 59.4 Å². The number of ether oxygens (including phenoxy) is 4. The predicted molar refractivity (Wildman–Crippen MR) is 323 cm³/mol. The van der Waals surface area contributed by atoms with Crippen LogP contribution in [0, 0.1) is 30.5 Å². The van der Waals surface area contributed by atoms with E-state index in [1.54, 1.807) is 24.5 Å². The third-order valence-corrected chi connectivity index (χ3v) is 19.7. The molecule has 2 unspecified atom stereocenters. The van der Waals surface area contributed by atoms with E-state index in [0.717, 1.165) is 38.2 Å². The number of anilines is 2. The first kappa shape index (κ1) is 63.4. The number of aromatic hydroxyl groups is 3. The van der Waals surface area contributed by atoms with Crippen LogP contribution in [-0.4, -0.2) is 175 Å². The number of carboxylic acid groups (broad SMARTS) is 1. The van der Waals surface area contributed by atoms with Crippen molar-refractivity contribution < 1.29 is 73.5 Å². The van der Waals surface area contributed by atoms with Crippen molar-refractivity contribution in [2.75, 3.05) is 57.2 Å². The Morgan fingerprint density at radius 3 is 2.29 bits per heavy atom. The van der Waals surface area contributed by atoms with Crippen LogP contribution >= 0.6 is 11.6 Å². The van der Waals surface area contributed by atoms with Crippen LogP contribution in [0.3, 0.4) is 0 Å². The normalized spacial score (nSPS) is 30.3. The average molecular weight is 1230 g/mol. The number of hydrogen-bond acceptors (Lipinski definition) is 20. The molecule has 472 valence electrons. The number of methoxy groups -OCH3 is 1. The molecule has 6 heterocycles. The minimum Gasteiger partial charge on any atom is -0.507 e. The number of aromatic carboxylic acids is 1. The highest BCUT2D eigenvalue weighted by molar-refractivity contribution is 6.38. The molecule has 0 radical (unpaired) electrons. The molecule has 11 atom stereocenters. The predicted octanol–water partition coefficient (Wildman–Crippen LogP) is 5.79. The molecule has 2 aliphatic carbocycles. The lowest BCUT2D eigenvalue weighted by molar-refractivity contribution is -0.217. The molecule has 5 aliphatic heterocycles. The Morgan fingerprint density at radius 2 is 1.66 bits per heavy atom. The summed E-state index contributed by atoms with van der Waals surface area (Å²) in [7, 11) is 3.55. The maximum Gasteiger partial charge on any atom is 0.341 e. The summed E-state index contributed by atoms with van der Waals surface area (Å²) in [4.78, 5) is 56.3. The fourth-order valence-electron chi connectivity index (χ4n) is 13.8. The number of nitrogens with two attached hydrogens (primary N) is 2. The molecule has 4 aromatic rings. The number of allylic oxidation sites excluding steroid dienone is 2. The first-order valence-electron chi connectivity index (χ1n) is 29.7. The highest BCUT2D eigenvalue weighted by Gasteiger charge is 2.56. The second-order valence-corrected chi connectivity index (χ2v) is 25.2. The van der Waals surface area contributed by atoms with Crippen molar-refractivity contribution in [3.8, 4) is 23.0 Å². The van der Waals surface area contributed by atoms with E-state index in [9.17, 15) is 54.9 Å². The van der Waals surface area contributed by atoms with Crippen LogP contribution in [0.4, 0.5) is 15.8 Å². The van der Waals surface area contributed by atoms with Crippen molar-refractivity contribution in [3.63, 3.8) is 0 Å². The number of nitrogens with zero attached hydrogens (tertiary/aromatic N) is 5. The zero-order chi connectivity index (χ0) is 63.0. The number of carbonyl (C=O) groups excluding carboxylic acids is 2. The molecule has 5 bridgehead atoms. The lowest BCUT2D eigenvalue weighted by Crippen LogP contribution is -2.60. The Labute approximate surface area is 507 Å². The monoisotopic (exact) mass is 1230 g/mol. The number of rotatable bonds is 10. The molecule has 87 heavy (non-hydrogen) atoms. The number of fused-ring (bicyclic) bond motifs is 16. The minimum atomic E-state index is -1.88. The number of piperidine rings is 1. The molecule has 2 saturated heterocycles. The number of benzene rings is 3. The summed E-state index contributed by atoms with van der Waals surface area (Å²) in [5, 5.41) is 90.5. The lowest BCUT2D eigenvalue weighted by Gasteiger charge is -2.42. The van der Waals surface area contributed by atoms with E-state index >= 15 is 4.39 Å². The number of aliphatic hydroxyl groups excluding tert-OH is 3. The Bertz CT molecular complexity index is 3550. The molecule has 23 nitrogen and oxygen atoms in total. The van der Waals surface area contributed by atoms with Gasteiger partial charge in [0.05, 0.1) is 81.5 Å². The molecule has 4 fully saturated rings. The maximum atomic E-state index is 16.2. The molecule has 1 aromatic heterocycles. The van der Waals surface area contributed by atoms with E-state index in [2.05, 4.69) is 17.3 Å². The van der Waals surface area contributed by atoms with E-state index in [4.69, 9.17) is 47.1 Å². The Balaban J connectivity index is 0.923. The van der Waals surface area contributed by atoms with Crippen LogP contribution in [-0.2, 0) is 23.8 Å². The zero-order valence-electron chi connectivity index (χ0n) is 50.1. The van der Waals surface area contributed by atoms with Gasteiger partial charge in [-0.15, -0.1) is 0 Å². The molecule has 7 aliphatic rings. The van der Waals surface area contributed by atoms with Crippen LogP contribution < -0.4 is 31.8 Å². The van der Waals surface area contributed by atoms with Crippen molar-refractivity contribution in [1.82, 2.24) is 14.5 Å². The van der Waals surface area contributed by atoms with Gasteiger partial charge in [-0.2, -0.15) is 5.10 Å². The molecule has 1 amide bonds. The largest absolute Gasteiger partial charge is 0.507 e. The smallest absolute Gasteiger partial charge is 0.341 e. The number of esters is 1. The second-order valence-electron chi connectivity index (χ2n) is 24.8. The Kier molecular flexibility index (Phi) is 17.8. The number of carboxylic acids is 1. The summed E-state index contributed by atoms with van der Waals surface area (Å²) in [5.41, 5.74) is 11.9. The van der Waals surface area contributed by atoms with Crippen LogP contribution in [0.5, 0.6) is 23.0 Å². The van der Waals surface area contributed by atoms with Crippen LogP contribution in [0.25, 0.3) is 21.7 Å². The van der Waals surface area contributed by atoms with Gasteiger partial charge in [0.25, 0.3) is 5.91 Å². The Hall–Kier alpha value is -6.61. The van der Waals surface area contributed by atoms with E-state index in [1.807, 2.05) is 9.91 Å². The number of hydrazone groups is 1. The molecule has 3 aromatic carbocycles. The summed E-state index contributed by atoms with van der Waals surface area (Å²) >= 11 is 7.06. The van der Waals surface area contributed by atoms with Gasteiger partial charge in [-0.05, 0) is 84.2 Å². The minimum absolute atomic E-state index is 0.0256. The van der Waals surface area contributed by atoms with Crippen LogP contribution in [0.1, 0.15) is 125 Å². The number of aliphatic hydroxyl groups is 3. The maximum absolute atomic E-state index is 16.2. The van der Waals surface area contributed by atoms with E-state index < -0.39 is 112 Å². The summed E-state index contributed by atoms with van der Waals surface area (Å²) in [6, 6.07) is -1.42. The molecule has 11 rings (SSSR count). The number of phenolic OH excluding ortho intramolecular Hbond substituents is 3. The van der Waals surface area contributed by atoms with Crippen molar-refractivity contribution in [3.05, 3.63) is 79.4 Å². The fraction of sp³-hybridized carbons (Fsp3) is 0.565. The number of phenols is 3. The van der Waals surface area contributed by atoms with Crippen molar-refractivity contribution >= 4 is 68.7 Å². The van der Waals surface area contributed by atoms with E-state index in [-0.39, 0.29) is 97.1 Å². The van der Waals surface area contributed by atoms with Gasteiger partial charge < -0.3 is 80.9 Å². The number of aromatic nitrogens is 1. The van der Waals surface area contributed by atoms with Crippen molar-refractivity contribution in [2.45, 2.75) is 159 Å². The van der Waals surface area contributed by atoms with Gasteiger partial charge in [0.2, 0.25) is 11.2 Å². The number of amides is 1. The van der Waals surface area contributed by atoms with Gasteiger partial charge >= 0.3 is 11.9 Å². The van der Waals surface area contributed by atoms with Gasteiger partial charge in [-0.1, -0.05) is 43.7 Å². The quantitative estimate of drug-likeness (QED) is 0.0388. The molecular weight excluding hydrogens is 1150 g/mol. The highest BCUT2D eigenvalue weighted by atomic mass is 35.5. The molecule has 2 saturated carbocycles. The highest BCUT2D eigenvalue weighted by Crippen LogP contribution is 2.59. The van der Waals surface area contributed by atoms with Gasteiger partial charge in [-0.25, -0.2) is 9.18 Å². The summed E-state index contributed by atoms with van der Waals surface area (Å²) in [6.45, 7) is 10.8. The first-order chi connectivity index (χ1) is 41.2. The van der Waals surface area contributed by atoms with Crippen LogP contribution in [0.15, 0.2) is 46.0 Å². The first-order valence-corrected chi connectivity index (χ1v) is 30.1. The molecular formula is C62H80ClFN8O15. The van der Waals surface area contributed by atoms with Crippen molar-refractivity contribution in [1.29, 1.82) is 0 Å². The summed E-state index contributed by atoms with van der Waals surface area (Å²) in [6.07, 6.45) is 6.24. The third-order valence-electron chi connectivity index (χ3n) is 19.4. The zero-order valence-corrected chi connectivity index (χ0v) is 50.9. The second kappa shape index (κ2) is 24.4. The standard InChI is InChI=1S/C62H80ClFN8O15/c1-28-10-9-11-29(2)59(81)68-47-37(53(77)41-42(54(47)78)51(75)31(4)56-43(41)58(80)61(6,87-56)85-23-17-40(84-8)30(3)57(86-32(5)73)46(66)55(79)45(65)50(28)74)25-67-71-21-15-34(16-22-71)69(7)62(18-19-62)33-14-20-70(26-33)49-39(64)24-36-48(44(49)63)72(35-12-13-35)27-38(52(36)76)60(82)83/h9-11,24-25,27-28,30,33-35,40,45-46,50,55,57-58,74-75,77-80H,12-23,26,65-66H2,1-8H3,(H,68,81)(H,82,83)/b10-9+,29-11-,67-25+/t28-,30+,33?,40-,45+,46+,50-,55+,57+,58?,61-/m0/s1. The molecule has 0 spiro atoms. The third kappa shape index (κ3) is 11.5. The van der Waals surface area contributed by atoms with Gasteiger partial charge in [0.1, 0.15) is 40.8 Å².